The Morgan fingerprint density at radius 3 is 2.53 bits per heavy atom. The minimum absolute atomic E-state index is 0.0301. The lowest BCUT2D eigenvalue weighted by Crippen LogP contribution is -2.40. The Morgan fingerprint density at radius 1 is 1.53 bits per heavy atom. The van der Waals surface area contributed by atoms with Crippen molar-refractivity contribution in [2.75, 3.05) is 7.11 Å². The summed E-state index contributed by atoms with van der Waals surface area (Å²) >= 11 is 3.41. The topological polar surface area (TPSA) is 60.4 Å². The van der Waals surface area contributed by atoms with Gasteiger partial charge in [0, 0.05) is 7.11 Å². The van der Waals surface area contributed by atoms with Gasteiger partial charge in [0.1, 0.15) is 11.8 Å². The molecular formula is C10H17BrN2O2. The number of nitrogens with one attached hydrogen (secondary N) is 1. The number of halogens is 1. The first kappa shape index (κ1) is 12.7. The molecule has 0 fully saturated rings. The number of hydrogen-bond acceptors (Lipinski definition) is 4. The zero-order valence-electron chi connectivity index (χ0n) is 9.16. The quantitative estimate of drug-likeness (QED) is 0.640. The van der Waals surface area contributed by atoms with Gasteiger partial charge in [-0.05, 0) is 27.9 Å². The Labute approximate surface area is 98.3 Å². The Hall–Kier alpha value is -0.360. The number of methoxy groups -OCH3 is 1. The van der Waals surface area contributed by atoms with Gasteiger partial charge >= 0.3 is 0 Å². The molecule has 2 atom stereocenters. The fourth-order valence-electron chi connectivity index (χ4n) is 1.64. The SMILES string of the molecule is COC(C(C)C)C(NN)c1occc1Br. The van der Waals surface area contributed by atoms with Gasteiger partial charge in [0.25, 0.3) is 0 Å². The summed E-state index contributed by atoms with van der Waals surface area (Å²) < 4.78 is 11.7. The number of hydrogen-bond donors (Lipinski definition) is 2. The van der Waals surface area contributed by atoms with Crippen LogP contribution in [-0.2, 0) is 4.74 Å². The average molecular weight is 277 g/mol. The molecule has 1 heterocycles. The molecule has 2 unspecified atom stereocenters. The molecule has 0 amide bonds. The van der Waals surface area contributed by atoms with Crippen molar-refractivity contribution in [3.8, 4) is 0 Å². The van der Waals surface area contributed by atoms with Gasteiger partial charge in [0.05, 0.1) is 16.8 Å². The monoisotopic (exact) mass is 276 g/mol. The van der Waals surface area contributed by atoms with E-state index < -0.39 is 0 Å². The highest BCUT2D eigenvalue weighted by atomic mass is 79.9. The van der Waals surface area contributed by atoms with E-state index in [9.17, 15) is 0 Å². The van der Waals surface area contributed by atoms with Crippen LogP contribution in [0, 0.1) is 5.92 Å². The third-order valence-corrected chi connectivity index (χ3v) is 3.02. The van der Waals surface area contributed by atoms with Gasteiger partial charge in [0.15, 0.2) is 0 Å². The molecule has 4 nitrogen and oxygen atoms in total. The minimum atomic E-state index is -0.153. The zero-order chi connectivity index (χ0) is 11.4. The molecule has 0 saturated heterocycles. The van der Waals surface area contributed by atoms with Crippen LogP contribution in [0.1, 0.15) is 25.6 Å². The predicted octanol–water partition coefficient (Wildman–Crippen LogP) is 2.22. The maximum absolute atomic E-state index is 5.54. The second kappa shape index (κ2) is 5.65. The summed E-state index contributed by atoms with van der Waals surface area (Å²) in [4.78, 5) is 0. The van der Waals surface area contributed by atoms with Crippen molar-refractivity contribution < 1.29 is 9.15 Å². The van der Waals surface area contributed by atoms with Crippen LogP contribution in [0.5, 0.6) is 0 Å². The smallest absolute Gasteiger partial charge is 0.138 e. The fourth-order valence-corrected chi connectivity index (χ4v) is 2.09. The molecule has 1 aromatic heterocycles. The Balaban J connectivity index is 2.92. The first-order valence-electron chi connectivity index (χ1n) is 4.83. The molecule has 3 N–H and O–H groups in total. The maximum atomic E-state index is 5.54. The van der Waals surface area contributed by atoms with Crippen LogP contribution < -0.4 is 11.3 Å². The molecule has 1 rings (SSSR count). The molecule has 5 heteroatoms. The lowest BCUT2D eigenvalue weighted by molar-refractivity contribution is 0.0261. The predicted molar refractivity (Wildman–Crippen MR) is 62.1 cm³/mol. The lowest BCUT2D eigenvalue weighted by Gasteiger charge is -2.27. The molecule has 0 saturated carbocycles. The summed E-state index contributed by atoms with van der Waals surface area (Å²) in [5.74, 6) is 6.64. The van der Waals surface area contributed by atoms with Crippen molar-refractivity contribution >= 4 is 15.9 Å². The summed E-state index contributed by atoms with van der Waals surface area (Å²) in [5, 5.41) is 0. The first-order valence-corrected chi connectivity index (χ1v) is 5.63. The number of furan rings is 1. The molecule has 86 valence electrons. The van der Waals surface area contributed by atoms with Gasteiger partial charge < -0.3 is 9.15 Å². The summed E-state index contributed by atoms with van der Waals surface area (Å²) in [5.41, 5.74) is 2.73. The second-order valence-electron chi connectivity index (χ2n) is 3.72. The molecular weight excluding hydrogens is 260 g/mol. The molecule has 15 heavy (non-hydrogen) atoms. The number of nitrogens with two attached hydrogens (primary N) is 1. The molecule has 0 bridgehead atoms. The molecule has 0 aliphatic carbocycles. The lowest BCUT2D eigenvalue weighted by atomic mass is 9.98. The van der Waals surface area contributed by atoms with E-state index in [0.29, 0.717) is 5.92 Å². The van der Waals surface area contributed by atoms with Crippen LogP contribution in [0.4, 0.5) is 0 Å². The van der Waals surface area contributed by atoms with Crippen molar-refractivity contribution in [3.63, 3.8) is 0 Å². The molecule has 0 spiro atoms. The van der Waals surface area contributed by atoms with E-state index >= 15 is 0 Å². The zero-order valence-corrected chi connectivity index (χ0v) is 10.7. The number of rotatable bonds is 5. The Morgan fingerprint density at radius 2 is 2.20 bits per heavy atom. The van der Waals surface area contributed by atoms with Crippen LogP contribution >= 0.6 is 15.9 Å². The van der Waals surface area contributed by atoms with Gasteiger partial charge in [-0.15, -0.1) is 0 Å². The van der Waals surface area contributed by atoms with Crippen LogP contribution in [-0.4, -0.2) is 13.2 Å². The highest BCUT2D eigenvalue weighted by molar-refractivity contribution is 9.10. The van der Waals surface area contributed by atoms with E-state index in [1.807, 2.05) is 6.07 Å². The molecule has 0 aliphatic rings. The summed E-state index contributed by atoms with van der Waals surface area (Å²) in [6.45, 7) is 4.16. The normalized spacial score (nSPS) is 15.6. The summed E-state index contributed by atoms with van der Waals surface area (Å²) in [6, 6.07) is 1.69. The van der Waals surface area contributed by atoms with Crippen molar-refractivity contribution in [2.24, 2.45) is 11.8 Å². The van der Waals surface area contributed by atoms with E-state index in [1.54, 1.807) is 13.4 Å². The van der Waals surface area contributed by atoms with E-state index in [0.717, 1.165) is 10.2 Å². The molecule has 0 aromatic carbocycles. The maximum Gasteiger partial charge on any atom is 0.138 e. The van der Waals surface area contributed by atoms with E-state index in [1.165, 1.54) is 0 Å². The van der Waals surface area contributed by atoms with Gasteiger partial charge in [-0.2, -0.15) is 0 Å². The average Bonchev–Trinajstić information content (AvgIpc) is 2.60. The largest absolute Gasteiger partial charge is 0.466 e. The summed E-state index contributed by atoms with van der Waals surface area (Å²) in [6.07, 6.45) is 1.59. The van der Waals surface area contributed by atoms with E-state index in [-0.39, 0.29) is 12.1 Å². The molecule has 0 radical (unpaired) electrons. The van der Waals surface area contributed by atoms with Gasteiger partial charge in [-0.25, -0.2) is 5.43 Å². The van der Waals surface area contributed by atoms with Crippen LogP contribution in [0.3, 0.4) is 0 Å². The summed E-state index contributed by atoms with van der Waals surface area (Å²) in [7, 11) is 1.67. The standard InChI is InChI=1S/C10H17BrN2O2/c1-6(2)9(14-3)8(13-12)10-7(11)4-5-15-10/h4-6,8-9,13H,12H2,1-3H3. The van der Waals surface area contributed by atoms with E-state index in [2.05, 4.69) is 35.2 Å². The number of ether oxygens (including phenoxy) is 1. The Bertz CT molecular complexity index is 301. The van der Waals surface area contributed by atoms with Crippen LogP contribution in [0.25, 0.3) is 0 Å². The Kier molecular flexibility index (Phi) is 4.79. The van der Waals surface area contributed by atoms with Gasteiger partial charge in [0.2, 0.25) is 0 Å². The van der Waals surface area contributed by atoms with Crippen molar-refractivity contribution in [1.82, 2.24) is 5.43 Å². The van der Waals surface area contributed by atoms with Crippen molar-refractivity contribution in [1.29, 1.82) is 0 Å². The third kappa shape index (κ3) is 2.81. The van der Waals surface area contributed by atoms with Crippen LogP contribution in [0.15, 0.2) is 21.2 Å². The van der Waals surface area contributed by atoms with E-state index in [4.69, 9.17) is 15.0 Å². The molecule has 1 aromatic rings. The van der Waals surface area contributed by atoms with Crippen molar-refractivity contribution in [3.05, 3.63) is 22.6 Å². The molecule has 0 aliphatic heterocycles. The highest BCUT2D eigenvalue weighted by Gasteiger charge is 2.28. The van der Waals surface area contributed by atoms with Gasteiger partial charge in [-0.1, -0.05) is 13.8 Å². The minimum Gasteiger partial charge on any atom is -0.466 e. The number of hydrazine groups is 1. The fraction of sp³-hybridized carbons (Fsp3) is 0.600. The van der Waals surface area contributed by atoms with Crippen LogP contribution in [0.2, 0.25) is 0 Å². The van der Waals surface area contributed by atoms with Gasteiger partial charge in [-0.3, -0.25) is 5.84 Å². The second-order valence-corrected chi connectivity index (χ2v) is 4.58. The third-order valence-electron chi connectivity index (χ3n) is 2.36. The first-order chi connectivity index (χ1) is 7.11. The van der Waals surface area contributed by atoms with Crippen molar-refractivity contribution in [2.45, 2.75) is 26.0 Å². The highest BCUT2D eigenvalue weighted by Crippen LogP contribution is 2.30.